The number of carbonyl (C=O) groups excluding carboxylic acids is 3. The molecule has 0 aromatic rings. The van der Waals surface area contributed by atoms with E-state index in [1.165, 1.54) is 25.3 Å². The molecule has 8 atom stereocenters. The minimum atomic E-state index is -0.452. The Morgan fingerprint density at radius 2 is 1.83 bits per heavy atom. The molecule has 3 heterocycles. The Balaban J connectivity index is 1.22. The maximum Gasteiger partial charge on any atom is 0.293 e. The fourth-order valence-corrected chi connectivity index (χ4v) is 6.45. The van der Waals surface area contributed by atoms with Gasteiger partial charge in [0.2, 0.25) is 11.8 Å². The van der Waals surface area contributed by atoms with Gasteiger partial charge in [-0.2, -0.15) is 0 Å². The molecule has 0 radical (unpaired) electrons. The fourth-order valence-electron chi connectivity index (χ4n) is 6.45. The van der Waals surface area contributed by atoms with E-state index in [0.717, 1.165) is 50.7 Å². The maximum absolute atomic E-state index is 12.7. The smallest absolute Gasteiger partial charge is 0.293 e. The van der Waals surface area contributed by atoms with Crippen molar-refractivity contribution in [3.05, 3.63) is 36.0 Å². The van der Waals surface area contributed by atoms with Crippen LogP contribution in [0.3, 0.4) is 0 Å². The number of hydrogen-bond donors (Lipinski definition) is 2. The van der Waals surface area contributed by atoms with Gasteiger partial charge >= 0.3 is 0 Å². The van der Waals surface area contributed by atoms with Crippen LogP contribution in [0.2, 0.25) is 0 Å². The molecule has 2 amide bonds. The van der Waals surface area contributed by atoms with Crippen LogP contribution in [0.15, 0.2) is 36.0 Å². The topological polar surface area (TPSA) is 115 Å². The van der Waals surface area contributed by atoms with E-state index in [0.29, 0.717) is 18.9 Å². The van der Waals surface area contributed by atoms with E-state index in [1.807, 2.05) is 6.92 Å². The van der Waals surface area contributed by atoms with Gasteiger partial charge in [0.05, 0.1) is 49.1 Å². The van der Waals surface area contributed by atoms with Gasteiger partial charge in [0, 0.05) is 25.0 Å². The first-order chi connectivity index (χ1) is 20.1. The number of rotatable bonds is 12. The molecule has 42 heavy (non-hydrogen) atoms. The Bertz CT molecular complexity index is 1010. The van der Waals surface area contributed by atoms with Crippen LogP contribution in [0.4, 0.5) is 0 Å². The standard InChI is InChI=1S/C33H50N2O7/c1-22(11-14-30-23(2)16-29(25(4)41-30)35-31(37)15-12-24(3)39-21-36)10-13-27-18-33(20-40-33)19-28(42-27)17-32(38)34-26-8-6-5-7-9-26/h10-13,15,21,23-30H,5-9,14,16-20H2,1-4H3,(H,34,38)(H,35,37)/b13-10+,15-12-,22-11+/t23?,24?,25?,27?,28-,29?,30?,33?/m1/s1. The van der Waals surface area contributed by atoms with Gasteiger partial charge in [0.1, 0.15) is 6.10 Å². The minimum Gasteiger partial charge on any atom is -0.461 e. The molecule has 3 saturated heterocycles. The summed E-state index contributed by atoms with van der Waals surface area (Å²) in [5, 5.41) is 6.24. The molecule has 9 nitrogen and oxygen atoms in total. The zero-order valence-corrected chi connectivity index (χ0v) is 25.7. The van der Waals surface area contributed by atoms with Crippen LogP contribution in [0, 0.1) is 5.92 Å². The molecule has 4 fully saturated rings. The van der Waals surface area contributed by atoms with Crippen molar-refractivity contribution < 1.29 is 33.3 Å². The number of carbonyl (C=O) groups is 3. The number of epoxide rings is 1. The van der Waals surface area contributed by atoms with E-state index in [-0.39, 0.29) is 53.8 Å². The summed E-state index contributed by atoms with van der Waals surface area (Å²) >= 11 is 0. The van der Waals surface area contributed by atoms with Crippen molar-refractivity contribution in [3.63, 3.8) is 0 Å². The van der Waals surface area contributed by atoms with Gasteiger partial charge in [-0.1, -0.05) is 50.0 Å². The molecule has 1 saturated carbocycles. The number of ether oxygens (including phenoxy) is 4. The Hall–Kier alpha value is -2.49. The highest BCUT2D eigenvalue weighted by Gasteiger charge is 2.51. The largest absolute Gasteiger partial charge is 0.461 e. The number of amides is 2. The van der Waals surface area contributed by atoms with E-state index in [1.54, 1.807) is 13.0 Å². The van der Waals surface area contributed by atoms with Crippen LogP contribution >= 0.6 is 0 Å². The average Bonchev–Trinajstić information content (AvgIpc) is 3.69. The maximum atomic E-state index is 12.7. The molecular weight excluding hydrogens is 536 g/mol. The summed E-state index contributed by atoms with van der Waals surface area (Å²) in [4.78, 5) is 35.4. The number of allylic oxidation sites excluding steroid dienone is 2. The van der Waals surface area contributed by atoms with Gasteiger partial charge in [-0.15, -0.1) is 0 Å². The summed E-state index contributed by atoms with van der Waals surface area (Å²) in [5.74, 6) is 0.143. The third-order valence-electron chi connectivity index (χ3n) is 9.05. The first-order valence-corrected chi connectivity index (χ1v) is 15.8. The second-order valence-electron chi connectivity index (χ2n) is 12.8. The molecule has 3 aliphatic heterocycles. The molecule has 0 bridgehead atoms. The Labute approximate surface area is 250 Å². The molecule has 0 aromatic carbocycles. The highest BCUT2D eigenvalue weighted by molar-refractivity contribution is 5.87. The van der Waals surface area contributed by atoms with E-state index >= 15 is 0 Å². The number of nitrogens with one attached hydrogen (secondary N) is 2. The second kappa shape index (κ2) is 15.3. The second-order valence-corrected chi connectivity index (χ2v) is 12.8. The molecular formula is C33H50N2O7. The van der Waals surface area contributed by atoms with Crippen LogP contribution in [-0.4, -0.2) is 73.1 Å². The summed E-state index contributed by atoms with van der Waals surface area (Å²) in [6, 6.07) is 0.230. The monoisotopic (exact) mass is 586 g/mol. The highest BCUT2D eigenvalue weighted by Crippen LogP contribution is 2.43. The molecule has 7 unspecified atom stereocenters. The van der Waals surface area contributed by atoms with Gasteiger partial charge in [-0.05, 0) is 58.4 Å². The first kappa shape index (κ1) is 32.4. The van der Waals surface area contributed by atoms with Crippen molar-refractivity contribution in [1.82, 2.24) is 10.6 Å². The van der Waals surface area contributed by atoms with Crippen molar-refractivity contribution in [1.29, 1.82) is 0 Å². The summed E-state index contributed by atoms with van der Waals surface area (Å²) in [5.41, 5.74) is 1.00. The van der Waals surface area contributed by atoms with E-state index in [9.17, 15) is 14.4 Å². The summed E-state index contributed by atoms with van der Waals surface area (Å²) in [6.07, 6.45) is 18.1. The summed E-state index contributed by atoms with van der Waals surface area (Å²) < 4.78 is 23.2. The molecule has 4 aliphatic rings. The summed E-state index contributed by atoms with van der Waals surface area (Å²) in [7, 11) is 0. The van der Waals surface area contributed by atoms with Crippen molar-refractivity contribution in [2.45, 2.75) is 140 Å². The molecule has 4 rings (SSSR count). The Morgan fingerprint density at radius 1 is 1.07 bits per heavy atom. The van der Waals surface area contributed by atoms with Crippen molar-refractivity contribution in [2.24, 2.45) is 5.92 Å². The molecule has 1 spiro atoms. The van der Waals surface area contributed by atoms with Gasteiger partial charge in [-0.3, -0.25) is 14.4 Å². The van der Waals surface area contributed by atoms with Crippen LogP contribution in [-0.2, 0) is 33.3 Å². The molecule has 234 valence electrons. The molecule has 0 aromatic heterocycles. The van der Waals surface area contributed by atoms with Crippen LogP contribution in [0.25, 0.3) is 0 Å². The SMILES string of the molecule is CC(/C=C/C1CC2(CO2)C[C@@H](CC(=O)NC2CCCCC2)O1)=C\CC1OC(C)C(NC(=O)/C=C\C(C)OC=O)CC1C. The minimum absolute atomic E-state index is 0.0641. The molecule has 9 heteroatoms. The lowest BCUT2D eigenvalue weighted by molar-refractivity contribution is -0.131. The van der Waals surface area contributed by atoms with Gasteiger partial charge in [-0.25, -0.2) is 0 Å². The Kier molecular flexibility index (Phi) is 11.8. The van der Waals surface area contributed by atoms with Gasteiger partial charge in [0.25, 0.3) is 6.47 Å². The summed E-state index contributed by atoms with van der Waals surface area (Å²) in [6.45, 7) is 9.04. The third-order valence-corrected chi connectivity index (χ3v) is 9.05. The third kappa shape index (κ3) is 10.1. The van der Waals surface area contributed by atoms with Gasteiger partial charge < -0.3 is 29.6 Å². The van der Waals surface area contributed by atoms with Crippen molar-refractivity contribution >= 4 is 18.3 Å². The lowest BCUT2D eigenvalue weighted by Crippen LogP contribution is -2.50. The van der Waals surface area contributed by atoms with Crippen molar-refractivity contribution in [2.75, 3.05) is 6.61 Å². The quantitative estimate of drug-likeness (QED) is 0.150. The lowest BCUT2D eigenvalue weighted by atomic mass is 9.88. The Morgan fingerprint density at radius 3 is 2.55 bits per heavy atom. The van der Waals surface area contributed by atoms with Gasteiger partial charge in [0.15, 0.2) is 0 Å². The predicted molar refractivity (Wildman–Crippen MR) is 160 cm³/mol. The average molecular weight is 587 g/mol. The zero-order valence-electron chi connectivity index (χ0n) is 25.7. The highest BCUT2D eigenvalue weighted by atomic mass is 16.6. The van der Waals surface area contributed by atoms with E-state index < -0.39 is 6.10 Å². The fraction of sp³-hybridized carbons (Fsp3) is 0.727. The number of hydrogen-bond acceptors (Lipinski definition) is 7. The molecule has 2 N–H and O–H groups in total. The zero-order chi connectivity index (χ0) is 30.1. The van der Waals surface area contributed by atoms with Crippen LogP contribution in [0.1, 0.15) is 91.9 Å². The normalized spacial score (nSPS) is 34.8. The van der Waals surface area contributed by atoms with Crippen molar-refractivity contribution in [3.8, 4) is 0 Å². The van der Waals surface area contributed by atoms with Crippen LogP contribution < -0.4 is 10.6 Å². The van der Waals surface area contributed by atoms with Crippen LogP contribution in [0.5, 0.6) is 0 Å². The lowest BCUT2D eigenvalue weighted by Gasteiger charge is -2.39. The predicted octanol–water partition coefficient (Wildman–Crippen LogP) is 4.45. The molecule has 1 aliphatic carbocycles. The van der Waals surface area contributed by atoms with E-state index in [4.69, 9.17) is 18.9 Å². The first-order valence-electron chi connectivity index (χ1n) is 15.8. The van der Waals surface area contributed by atoms with E-state index in [2.05, 4.69) is 42.7 Å².